The van der Waals surface area contributed by atoms with E-state index in [1.165, 1.54) is 34.7 Å². The van der Waals surface area contributed by atoms with Crippen LogP contribution in [0.4, 0.5) is 5.13 Å². The van der Waals surface area contributed by atoms with Gasteiger partial charge in [0.15, 0.2) is 16.1 Å². The number of rotatable bonds is 9. The van der Waals surface area contributed by atoms with Crippen molar-refractivity contribution in [3.8, 4) is 11.3 Å². The minimum Gasteiger partial charge on any atom is -0.342 e. The van der Waals surface area contributed by atoms with E-state index in [-0.39, 0.29) is 17.6 Å². The molecule has 8 nitrogen and oxygen atoms in total. The van der Waals surface area contributed by atoms with Crippen LogP contribution in [-0.2, 0) is 11.3 Å². The predicted molar refractivity (Wildman–Crippen MR) is 150 cm³/mol. The highest BCUT2D eigenvalue weighted by Gasteiger charge is 2.21. The van der Waals surface area contributed by atoms with Gasteiger partial charge < -0.3 is 15.2 Å². The summed E-state index contributed by atoms with van der Waals surface area (Å²) in [5, 5.41) is 18.0. The topological polar surface area (TPSA) is 102 Å². The van der Waals surface area contributed by atoms with E-state index in [1.807, 2.05) is 55.0 Å². The fraction of sp³-hybridized carbons (Fsp3) is 0.240. The quantitative estimate of drug-likeness (QED) is 0.229. The van der Waals surface area contributed by atoms with Crippen LogP contribution >= 0.6 is 46.3 Å². The van der Waals surface area contributed by atoms with Crippen LogP contribution in [0.1, 0.15) is 41.6 Å². The van der Waals surface area contributed by atoms with Gasteiger partial charge in [0, 0.05) is 23.1 Å². The van der Waals surface area contributed by atoms with Crippen LogP contribution in [0.15, 0.2) is 53.0 Å². The Morgan fingerprint density at radius 2 is 1.86 bits per heavy atom. The van der Waals surface area contributed by atoms with Gasteiger partial charge in [-0.25, -0.2) is 4.98 Å². The van der Waals surface area contributed by atoms with Crippen molar-refractivity contribution in [1.82, 2.24) is 25.1 Å². The number of amides is 2. The number of aromatic nitrogens is 4. The number of thiazole rings is 1. The van der Waals surface area contributed by atoms with Crippen molar-refractivity contribution in [1.29, 1.82) is 0 Å². The van der Waals surface area contributed by atoms with E-state index in [4.69, 9.17) is 23.2 Å². The summed E-state index contributed by atoms with van der Waals surface area (Å²) in [4.78, 5) is 29.7. The van der Waals surface area contributed by atoms with E-state index in [2.05, 4.69) is 25.8 Å². The molecule has 2 heterocycles. The van der Waals surface area contributed by atoms with Crippen LogP contribution in [0, 0.1) is 6.92 Å². The van der Waals surface area contributed by atoms with E-state index < -0.39 is 6.04 Å². The molecule has 2 amide bonds. The first-order chi connectivity index (χ1) is 17.7. The number of hydrogen-bond acceptors (Lipinski definition) is 7. The second-order valence-corrected chi connectivity index (χ2v) is 10.8. The first kappa shape index (κ1) is 27.1. The summed E-state index contributed by atoms with van der Waals surface area (Å²) in [5.74, 6) is 0.227. The molecule has 0 bridgehead atoms. The Labute approximate surface area is 232 Å². The Hall–Kier alpha value is -2.92. The molecule has 0 saturated carbocycles. The predicted octanol–water partition coefficient (Wildman–Crippen LogP) is 6.26. The molecule has 0 aliphatic rings. The van der Waals surface area contributed by atoms with E-state index in [0.29, 0.717) is 38.3 Å². The standard InChI is InChI=1S/C25H24Cl2N6O2S2/c1-4-33-22(15(3)28-23(35)17-9-10-18(26)19(27)11-17)31-32-25(33)37-13-21(34)30-24-29-20(12-36-24)16-7-5-14(2)6-8-16/h5-12,15H,4,13H2,1-3H3,(H,28,35)(H,29,30,34)/t15-/m1/s1. The lowest BCUT2D eigenvalue weighted by molar-refractivity contribution is -0.113. The largest absolute Gasteiger partial charge is 0.342 e. The number of aryl methyl sites for hydroxylation is 1. The highest BCUT2D eigenvalue weighted by atomic mass is 35.5. The minimum atomic E-state index is -0.423. The first-order valence-corrected chi connectivity index (χ1v) is 14.0. The molecule has 0 aliphatic carbocycles. The average molecular weight is 576 g/mol. The zero-order valence-electron chi connectivity index (χ0n) is 20.3. The number of carbonyl (C=O) groups is 2. The molecule has 0 aliphatic heterocycles. The van der Waals surface area contributed by atoms with Crippen molar-refractivity contribution >= 4 is 63.2 Å². The molecule has 2 aromatic heterocycles. The molecule has 2 N–H and O–H groups in total. The Kier molecular flexibility index (Phi) is 8.86. The number of nitrogens with zero attached hydrogens (tertiary/aromatic N) is 4. The summed E-state index contributed by atoms with van der Waals surface area (Å²) < 4.78 is 1.87. The van der Waals surface area contributed by atoms with Crippen LogP contribution in [0.5, 0.6) is 0 Å². The Balaban J connectivity index is 1.35. The third-order valence-electron chi connectivity index (χ3n) is 5.41. The zero-order valence-corrected chi connectivity index (χ0v) is 23.4. The lowest BCUT2D eigenvalue weighted by Gasteiger charge is -2.15. The van der Waals surface area contributed by atoms with Crippen molar-refractivity contribution in [2.75, 3.05) is 11.1 Å². The van der Waals surface area contributed by atoms with Gasteiger partial charge in [0.05, 0.1) is 27.5 Å². The van der Waals surface area contributed by atoms with Crippen molar-refractivity contribution in [3.63, 3.8) is 0 Å². The smallest absolute Gasteiger partial charge is 0.251 e. The molecule has 192 valence electrons. The molecule has 2 aromatic carbocycles. The summed E-state index contributed by atoms with van der Waals surface area (Å²) in [6.07, 6.45) is 0. The highest BCUT2D eigenvalue weighted by molar-refractivity contribution is 7.99. The van der Waals surface area contributed by atoms with Gasteiger partial charge in [0.2, 0.25) is 5.91 Å². The molecule has 4 aromatic rings. The van der Waals surface area contributed by atoms with Gasteiger partial charge in [0.1, 0.15) is 0 Å². The average Bonchev–Trinajstić information content (AvgIpc) is 3.51. The fourth-order valence-electron chi connectivity index (χ4n) is 3.48. The maximum absolute atomic E-state index is 12.7. The Morgan fingerprint density at radius 3 is 2.57 bits per heavy atom. The number of nitrogens with one attached hydrogen (secondary N) is 2. The summed E-state index contributed by atoms with van der Waals surface area (Å²) in [7, 11) is 0. The van der Waals surface area contributed by atoms with E-state index in [9.17, 15) is 9.59 Å². The third kappa shape index (κ3) is 6.70. The third-order valence-corrected chi connectivity index (χ3v) is 7.87. The molecule has 0 radical (unpaired) electrons. The van der Waals surface area contributed by atoms with Crippen molar-refractivity contribution in [2.24, 2.45) is 0 Å². The molecule has 37 heavy (non-hydrogen) atoms. The molecule has 12 heteroatoms. The lowest BCUT2D eigenvalue weighted by Crippen LogP contribution is -2.28. The SMILES string of the molecule is CCn1c(SCC(=O)Nc2nc(-c3ccc(C)cc3)cs2)nnc1[C@@H](C)NC(=O)c1ccc(Cl)c(Cl)c1. The number of carbonyl (C=O) groups excluding carboxylic acids is 2. The summed E-state index contributed by atoms with van der Waals surface area (Å²) in [6.45, 7) is 6.38. The van der Waals surface area contributed by atoms with Crippen LogP contribution < -0.4 is 10.6 Å². The summed E-state index contributed by atoms with van der Waals surface area (Å²) in [5.41, 5.74) is 3.39. The van der Waals surface area contributed by atoms with Crippen LogP contribution in [0.2, 0.25) is 10.0 Å². The number of benzene rings is 2. The van der Waals surface area contributed by atoms with Gasteiger partial charge in [-0.1, -0.05) is 64.8 Å². The lowest BCUT2D eigenvalue weighted by atomic mass is 10.1. The molecule has 0 unspecified atom stereocenters. The molecule has 1 atom stereocenters. The normalized spacial score (nSPS) is 11.8. The number of hydrogen-bond donors (Lipinski definition) is 2. The molecule has 0 saturated heterocycles. The van der Waals surface area contributed by atoms with Crippen LogP contribution in [0.25, 0.3) is 11.3 Å². The maximum atomic E-state index is 12.7. The monoisotopic (exact) mass is 574 g/mol. The number of anilines is 1. The van der Waals surface area contributed by atoms with E-state index in [0.717, 1.165) is 11.3 Å². The number of halogens is 2. The van der Waals surface area contributed by atoms with Crippen molar-refractivity contribution in [2.45, 2.75) is 38.5 Å². The molecular weight excluding hydrogens is 551 g/mol. The maximum Gasteiger partial charge on any atom is 0.251 e. The van der Waals surface area contributed by atoms with Gasteiger partial charge >= 0.3 is 0 Å². The molecular formula is C25H24Cl2N6O2S2. The van der Waals surface area contributed by atoms with E-state index >= 15 is 0 Å². The van der Waals surface area contributed by atoms with Gasteiger partial charge in [-0.05, 0) is 39.0 Å². The van der Waals surface area contributed by atoms with Crippen molar-refractivity contribution in [3.05, 3.63) is 74.8 Å². The molecule has 0 spiro atoms. The van der Waals surface area contributed by atoms with Gasteiger partial charge in [-0.15, -0.1) is 21.5 Å². The summed E-state index contributed by atoms with van der Waals surface area (Å²) >= 11 is 14.6. The Bertz CT molecular complexity index is 1420. The Morgan fingerprint density at radius 1 is 1.11 bits per heavy atom. The fourth-order valence-corrected chi connectivity index (χ4v) is 5.32. The molecule has 4 rings (SSSR count). The highest BCUT2D eigenvalue weighted by Crippen LogP contribution is 2.27. The zero-order chi connectivity index (χ0) is 26.5. The minimum absolute atomic E-state index is 0.140. The molecule has 0 fully saturated rings. The second-order valence-electron chi connectivity index (χ2n) is 8.15. The van der Waals surface area contributed by atoms with Crippen LogP contribution in [0.3, 0.4) is 0 Å². The number of thioether (sulfide) groups is 1. The van der Waals surface area contributed by atoms with Gasteiger partial charge in [-0.3, -0.25) is 9.59 Å². The van der Waals surface area contributed by atoms with Gasteiger partial charge in [0.25, 0.3) is 5.91 Å². The second kappa shape index (κ2) is 12.1. The van der Waals surface area contributed by atoms with Crippen molar-refractivity contribution < 1.29 is 9.59 Å². The van der Waals surface area contributed by atoms with E-state index in [1.54, 1.807) is 12.1 Å². The van der Waals surface area contributed by atoms with Gasteiger partial charge in [-0.2, -0.15) is 0 Å². The first-order valence-electron chi connectivity index (χ1n) is 11.4. The van der Waals surface area contributed by atoms with Crippen LogP contribution in [-0.4, -0.2) is 37.3 Å². The summed E-state index contributed by atoms with van der Waals surface area (Å²) in [6, 6.07) is 12.3.